The second kappa shape index (κ2) is 7.40. The Morgan fingerprint density at radius 1 is 1.17 bits per heavy atom. The highest BCUT2D eigenvalue weighted by atomic mass is 16.5. The molecule has 0 fully saturated rings. The van der Waals surface area contributed by atoms with Crippen molar-refractivity contribution in [3.8, 4) is 17.6 Å². The fourth-order valence-corrected chi connectivity index (χ4v) is 4.00. The van der Waals surface area contributed by atoms with Crippen LogP contribution in [0, 0.1) is 11.3 Å². The third kappa shape index (κ3) is 3.13. The van der Waals surface area contributed by atoms with Crippen molar-refractivity contribution in [1.29, 1.82) is 5.26 Å². The van der Waals surface area contributed by atoms with Gasteiger partial charge in [-0.2, -0.15) is 5.26 Å². The number of nitriles is 1. The second-order valence-electron chi connectivity index (χ2n) is 6.92. The molecule has 29 heavy (non-hydrogen) atoms. The van der Waals surface area contributed by atoms with Crippen molar-refractivity contribution in [2.75, 3.05) is 14.2 Å². The monoisotopic (exact) mass is 392 g/mol. The summed E-state index contributed by atoms with van der Waals surface area (Å²) in [6, 6.07) is 11.1. The number of methoxy groups -OCH3 is 2. The van der Waals surface area contributed by atoms with Gasteiger partial charge in [-0.1, -0.05) is 6.07 Å². The molecule has 2 aromatic rings. The molecule has 1 aliphatic carbocycles. The minimum Gasteiger partial charge on any atom is -0.493 e. The molecule has 7 nitrogen and oxygen atoms in total. The van der Waals surface area contributed by atoms with E-state index < -0.39 is 5.92 Å². The van der Waals surface area contributed by atoms with Crippen LogP contribution in [0.3, 0.4) is 0 Å². The summed E-state index contributed by atoms with van der Waals surface area (Å²) < 4.78 is 21.9. The van der Waals surface area contributed by atoms with Crippen LogP contribution >= 0.6 is 0 Å². The molecule has 0 spiro atoms. The van der Waals surface area contributed by atoms with Crippen LogP contribution in [0.15, 0.2) is 63.8 Å². The molecule has 7 heteroatoms. The Morgan fingerprint density at radius 2 is 1.97 bits per heavy atom. The Hall–Kier alpha value is -3.66. The predicted octanol–water partition coefficient (Wildman–Crippen LogP) is 3.51. The van der Waals surface area contributed by atoms with Crippen LogP contribution in [0.2, 0.25) is 0 Å². The number of hydrogen-bond acceptors (Lipinski definition) is 7. The van der Waals surface area contributed by atoms with Gasteiger partial charge in [-0.3, -0.25) is 4.79 Å². The lowest BCUT2D eigenvalue weighted by Gasteiger charge is -2.33. The molecule has 2 atom stereocenters. The Kier molecular flexibility index (Phi) is 4.77. The van der Waals surface area contributed by atoms with Gasteiger partial charge < -0.3 is 24.4 Å². The maximum atomic E-state index is 13.2. The van der Waals surface area contributed by atoms with Crippen molar-refractivity contribution in [1.82, 2.24) is 0 Å². The molecule has 1 aliphatic heterocycles. The molecule has 2 heterocycles. The van der Waals surface area contributed by atoms with E-state index in [4.69, 9.17) is 24.4 Å². The molecule has 0 unspecified atom stereocenters. The summed E-state index contributed by atoms with van der Waals surface area (Å²) in [5, 5.41) is 9.73. The molecule has 0 radical (unpaired) electrons. The van der Waals surface area contributed by atoms with Gasteiger partial charge in [0.05, 0.1) is 26.4 Å². The lowest BCUT2D eigenvalue weighted by molar-refractivity contribution is -0.117. The number of nitrogens with two attached hydrogens (primary N) is 1. The van der Waals surface area contributed by atoms with E-state index in [1.165, 1.54) is 7.11 Å². The molecule has 0 bridgehead atoms. The average Bonchev–Trinajstić information content (AvgIpc) is 3.27. The fraction of sp³-hybridized carbons (Fsp3) is 0.273. The van der Waals surface area contributed by atoms with Gasteiger partial charge in [-0.05, 0) is 29.8 Å². The van der Waals surface area contributed by atoms with Crippen LogP contribution < -0.4 is 15.2 Å². The molecule has 0 saturated heterocycles. The first-order chi connectivity index (χ1) is 14.1. The molecule has 2 N–H and O–H groups in total. The van der Waals surface area contributed by atoms with Gasteiger partial charge in [-0.15, -0.1) is 0 Å². The number of carbonyl (C=O) groups is 1. The van der Waals surface area contributed by atoms with Gasteiger partial charge in [0.15, 0.2) is 17.3 Å². The highest BCUT2D eigenvalue weighted by Gasteiger charge is 2.41. The van der Waals surface area contributed by atoms with Gasteiger partial charge in [0.25, 0.3) is 0 Å². The van der Waals surface area contributed by atoms with Gasteiger partial charge in [0.2, 0.25) is 5.88 Å². The number of allylic oxidation sites excluding steroid dienone is 3. The smallest absolute Gasteiger partial charge is 0.205 e. The second-order valence-corrected chi connectivity index (χ2v) is 6.92. The van der Waals surface area contributed by atoms with Crippen molar-refractivity contribution in [2.24, 2.45) is 5.73 Å². The summed E-state index contributed by atoms with van der Waals surface area (Å²) in [6.07, 6.45) is 2.33. The van der Waals surface area contributed by atoms with Crippen LogP contribution in [0.1, 0.15) is 36.0 Å². The van der Waals surface area contributed by atoms with Crippen LogP contribution in [-0.4, -0.2) is 20.0 Å². The van der Waals surface area contributed by atoms with E-state index in [1.54, 1.807) is 37.6 Å². The number of Topliss-reactive ketones (excluding diaryl/α,β-unsaturated/α-hetero) is 1. The molecule has 1 aromatic carbocycles. The van der Waals surface area contributed by atoms with E-state index in [9.17, 15) is 10.1 Å². The number of benzene rings is 1. The molecule has 0 amide bonds. The number of ether oxygens (including phenoxy) is 3. The minimum absolute atomic E-state index is 0.0129. The van der Waals surface area contributed by atoms with Crippen molar-refractivity contribution in [2.45, 2.75) is 24.7 Å². The van der Waals surface area contributed by atoms with Crippen molar-refractivity contribution < 1.29 is 23.4 Å². The highest BCUT2D eigenvalue weighted by molar-refractivity contribution is 6.00. The Bertz CT molecular complexity index is 1060. The molecule has 148 valence electrons. The number of rotatable bonds is 4. The number of hydrogen-bond donors (Lipinski definition) is 1. The van der Waals surface area contributed by atoms with Crippen molar-refractivity contribution in [3.05, 3.63) is 70.7 Å². The summed E-state index contributed by atoms with van der Waals surface area (Å²) in [6.45, 7) is 0. The lowest BCUT2D eigenvalue weighted by Crippen LogP contribution is -2.29. The topological polar surface area (TPSA) is 108 Å². The summed E-state index contributed by atoms with van der Waals surface area (Å²) in [7, 11) is 3.08. The normalized spacial score (nSPS) is 21.3. The molecule has 2 aliphatic rings. The molecular weight excluding hydrogens is 372 g/mol. The summed E-state index contributed by atoms with van der Waals surface area (Å²) in [5.41, 5.74) is 7.45. The zero-order valence-corrected chi connectivity index (χ0v) is 16.1. The van der Waals surface area contributed by atoms with E-state index in [0.29, 0.717) is 34.8 Å². The SMILES string of the molecule is COc1ccc([C@H]2C(C#N)=C(N)OC3=C2C(=O)C[C@H](c2ccco2)C3)cc1OC. The standard InChI is InChI=1S/C22H20N2O5/c1-26-17-6-5-12(9-18(17)27-2)20-14(11-23)22(24)29-19-10-13(8-15(25)21(19)20)16-4-3-7-28-16/h3-7,9,13,20H,8,10,24H2,1-2H3/t13-,20-/m0/s1. The summed E-state index contributed by atoms with van der Waals surface area (Å²) in [4.78, 5) is 13.2. The Morgan fingerprint density at radius 3 is 2.62 bits per heavy atom. The van der Waals surface area contributed by atoms with Gasteiger partial charge in [0.1, 0.15) is 23.2 Å². The zero-order valence-electron chi connectivity index (χ0n) is 16.1. The predicted molar refractivity (Wildman–Crippen MR) is 103 cm³/mol. The summed E-state index contributed by atoms with van der Waals surface area (Å²) >= 11 is 0. The van der Waals surface area contributed by atoms with Crippen LogP contribution in [0.4, 0.5) is 0 Å². The van der Waals surface area contributed by atoms with E-state index in [0.717, 1.165) is 5.76 Å². The Balaban J connectivity index is 1.81. The van der Waals surface area contributed by atoms with E-state index in [2.05, 4.69) is 6.07 Å². The van der Waals surface area contributed by atoms with Gasteiger partial charge in [-0.25, -0.2) is 0 Å². The first-order valence-electron chi connectivity index (χ1n) is 9.16. The third-order valence-electron chi connectivity index (χ3n) is 5.35. The summed E-state index contributed by atoms with van der Waals surface area (Å²) in [5.74, 6) is 1.45. The van der Waals surface area contributed by atoms with Crippen LogP contribution in [-0.2, 0) is 9.53 Å². The van der Waals surface area contributed by atoms with E-state index >= 15 is 0 Å². The lowest BCUT2D eigenvalue weighted by atomic mass is 9.74. The number of nitrogens with zero attached hydrogens (tertiary/aromatic N) is 1. The number of carbonyl (C=O) groups excluding carboxylic acids is 1. The van der Waals surface area contributed by atoms with E-state index in [1.807, 2.05) is 6.07 Å². The van der Waals surface area contributed by atoms with Crippen LogP contribution in [0.25, 0.3) is 0 Å². The minimum atomic E-state index is -0.617. The van der Waals surface area contributed by atoms with Gasteiger partial charge in [0, 0.05) is 24.3 Å². The average molecular weight is 392 g/mol. The number of ketones is 1. The first-order valence-corrected chi connectivity index (χ1v) is 9.16. The molecular formula is C22H20N2O5. The largest absolute Gasteiger partial charge is 0.493 e. The quantitative estimate of drug-likeness (QED) is 0.848. The molecule has 0 saturated carbocycles. The first kappa shape index (κ1) is 18.7. The van der Waals surface area contributed by atoms with Crippen molar-refractivity contribution >= 4 is 5.78 Å². The fourth-order valence-electron chi connectivity index (χ4n) is 4.00. The molecule has 1 aromatic heterocycles. The number of furan rings is 1. The zero-order chi connectivity index (χ0) is 20.5. The van der Waals surface area contributed by atoms with Crippen LogP contribution in [0.5, 0.6) is 11.5 Å². The maximum Gasteiger partial charge on any atom is 0.205 e. The highest BCUT2D eigenvalue weighted by Crippen LogP contribution is 2.47. The molecule has 4 rings (SSSR count). The third-order valence-corrected chi connectivity index (χ3v) is 5.35. The van der Waals surface area contributed by atoms with Crippen molar-refractivity contribution in [3.63, 3.8) is 0 Å². The van der Waals surface area contributed by atoms with E-state index in [-0.39, 0.29) is 29.6 Å². The van der Waals surface area contributed by atoms with Gasteiger partial charge >= 0.3 is 0 Å². The maximum absolute atomic E-state index is 13.2. The Labute approximate surface area is 168 Å².